The van der Waals surface area contributed by atoms with Crippen molar-refractivity contribution in [1.29, 1.82) is 0 Å². The van der Waals surface area contributed by atoms with Crippen molar-refractivity contribution in [3.63, 3.8) is 0 Å². The van der Waals surface area contributed by atoms with Crippen molar-refractivity contribution in [3.8, 4) is 5.75 Å². The van der Waals surface area contributed by atoms with Gasteiger partial charge in [0.25, 0.3) is 5.91 Å². The lowest BCUT2D eigenvalue weighted by Gasteiger charge is -2.22. The van der Waals surface area contributed by atoms with Gasteiger partial charge in [-0.25, -0.2) is 4.98 Å². The molecular formula is C19H24ClN5O2S. The molecule has 2 heterocycles. The quantitative estimate of drug-likeness (QED) is 0.585. The molecular weight excluding hydrogens is 398 g/mol. The minimum absolute atomic E-state index is 0.0674. The van der Waals surface area contributed by atoms with Gasteiger partial charge in [-0.1, -0.05) is 22.9 Å². The molecule has 3 rings (SSSR count). The molecule has 0 bridgehead atoms. The number of rotatable bonds is 7. The number of likely N-dealkylation sites (N-methyl/N-ethyl adjacent to an activating group) is 1. The average molecular weight is 422 g/mol. The first-order valence-electron chi connectivity index (χ1n) is 8.89. The lowest BCUT2D eigenvalue weighted by Crippen LogP contribution is -2.39. The molecule has 7 nitrogen and oxygen atoms in total. The molecule has 0 atom stereocenters. The van der Waals surface area contributed by atoms with Crippen LogP contribution >= 0.6 is 22.9 Å². The molecule has 150 valence electrons. The molecule has 1 amide bonds. The topological polar surface area (TPSA) is 63.5 Å². The Balaban J connectivity index is 1.97. The van der Waals surface area contributed by atoms with Gasteiger partial charge in [-0.15, -0.1) is 0 Å². The largest absolute Gasteiger partial charge is 0.494 e. The second kappa shape index (κ2) is 8.46. The highest BCUT2D eigenvalue weighted by Gasteiger charge is 2.23. The van der Waals surface area contributed by atoms with Gasteiger partial charge in [0.1, 0.15) is 17.8 Å². The van der Waals surface area contributed by atoms with Gasteiger partial charge < -0.3 is 9.64 Å². The van der Waals surface area contributed by atoms with Crippen molar-refractivity contribution in [2.24, 2.45) is 0 Å². The van der Waals surface area contributed by atoms with Gasteiger partial charge in [-0.2, -0.15) is 5.10 Å². The Labute approximate surface area is 173 Å². The number of benzene rings is 1. The fourth-order valence-corrected chi connectivity index (χ4v) is 4.20. The van der Waals surface area contributed by atoms with Crippen LogP contribution in [0.3, 0.4) is 0 Å². The third-order valence-corrected chi connectivity index (χ3v) is 5.90. The van der Waals surface area contributed by atoms with Gasteiger partial charge in [0, 0.05) is 18.8 Å². The molecule has 28 heavy (non-hydrogen) atoms. The van der Waals surface area contributed by atoms with E-state index in [4.69, 9.17) is 16.3 Å². The van der Waals surface area contributed by atoms with Gasteiger partial charge in [0.05, 0.1) is 22.5 Å². The van der Waals surface area contributed by atoms with E-state index in [1.165, 1.54) is 11.3 Å². The second-order valence-corrected chi connectivity index (χ2v) is 8.24. The molecule has 0 fully saturated rings. The molecule has 0 radical (unpaired) electrons. The van der Waals surface area contributed by atoms with Crippen molar-refractivity contribution >= 4 is 44.2 Å². The number of nitrogens with zero attached hydrogens (tertiary/aromatic N) is 5. The minimum atomic E-state index is -0.0674. The van der Waals surface area contributed by atoms with E-state index < -0.39 is 0 Å². The zero-order valence-electron chi connectivity index (χ0n) is 16.7. The van der Waals surface area contributed by atoms with Crippen LogP contribution in [0, 0.1) is 13.8 Å². The van der Waals surface area contributed by atoms with Crippen LogP contribution in [-0.2, 0) is 11.3 Å². The third-order valence-electron chi connectivity index (χ3n) is 4.36. The fraction of sp³-hybridized carbons (Fsp3) is 0.421. The van der Waals surface area contributed by atoms with Crippen molar-refractivity contribution in [1.82, 2.24) is 19.7 Å². The Kier molecular flexibility index (Phi) is 6.22. The van der Waals surface area contributed by atoms with E-state index in [9.17, 15) is 4.79 Å². The SMILES string of the molecule is COc1ccc(Cl)c2sc(N(CCN(C)C)C(=O)Cn3nc(C)cc3C)nc12. The Bertz CT molecular complexity index is 998. The summed E-state index contributed by atoms with van der Waals surface area (Å²) in [6, 6.07) is 5.53. The summed E-state index contributed by atoms with van der Waals surface area (Å²) in [6.07, 6.45) is 0. The summed E-state index contributed by atoms with van der Waals surface area (Å²) in [5.74, 6) is 0.572. The van der Waals surface area contributed by atoms with Crippen LogP contribution in [0.15, 0.2) is 18.2 Å². The molecule has 0 spiro atoms. The van der Waals surface area contributed by atoms with Crippen molar-refractivity contribution in [3.05, 3.63) is 34.6 Å². The number of amides is 1. The van der Waals surface area contributed by atoms with E-state index in [2.05, 4.69) is 10.1 Å². The van der Waals surface area contributed by atoms with Gasteiger partial charge >= 0.3 is 0 Å². The number of aromatic nitrogens is 3. The summed E-state index contributed by atoms with van der Waals surface area (Å²) in [7, 11) is 5.54. The number of halogens is 1. The van der Waals surface area contributed by atoms with E-state index in [1.807, 2.05) is 38.9 Å². The van der Waals surface area contributed by atoms with Gasteiger partial charge in [-0.05, 0) is 46.1 Å². The van der Waals surface area contributed by atoms with E-state index in [0.717, 1.165) is 16.1 Å². The first kappa shape index (κ1) is 20.6. The summed E-state index contributed by atoms with van der Waals surface area (Å²) in [5.41, 5.74) is 2.51. The molecule has 0 saturated heterocycles. The Morgan fingerprint density at radius 3 is 2.64 bits per heavy atom. The number of hydrogen-bond donors (Lipinski definition) is 0. The molecule has 3 aromatic rings. The van der Waals surface area contributed by atoms with E-state index in [-0.39, 0.29) is 12.5 Å². The van der Waals surface area contributed by atoms with Crippen LogP contribution in [0.1, 0.15) is 11.4 Å². The molecule has 0 saturated carbocycles. The predicted molar refractivity (Wildman–Crippen MR) is 114 cm³/mol. The molecule has 0 aliphatic heterocycles. The van der Waals surface area contributed by atoms with Crippen LogP contribution < -0.4 is 9.64 Å². The summed E-state index contributed by atoms with van der Waals surface area (Å²) in [4.78, 5) is 21.6. The number of ether oxygens (including phenoxy) is 1. The molecule has 0 aliphatic carbocycles. The highest BCUT2D eigenvalue weighted by Crippen LogP contribution is 2.38. The van der Waals surface area contributed by atoms with Crippen LogP contribution in [0.2, 0.25) is 5.02 Å². The number of thiazole rings is 1. The number of hydrogen-bond acceptors (Lipinski definition) is 6. The van der Waals surface area contributed by atoms with E-state index in [0.29, 0.717) is 34.5 Å². The van der Waals surface area contributed by atoms with Gasteiger partial charge in [0.15, 0.2) is 5.13 Å². The van der Waals surface area contributed by atoms with Crippen LogP contribution in [-0.4, -0.2) is 59.9 Å². The highest BCUT2D eigenvalue weighted by molar-refractivity contribution is 7.23. The maximum Gasteiger partial charge on any atom is 0.250 e. The van der Waals surface area contributed by atoms with Crippen molar-refractivity contribution in [2.75, 3.05) is 39.2 Å². The summed E-state index contributed by atoms with van der Waals surface area (Å²) in [5, 5.41) is 5.61. The first-order valence-corrected chi connectivity index (χ1v) is 10.1. The van der Waals surface area contributed by atoms with Crippen LogP contribution in [0.4, 0.5) is 5.13 Å². The van der Waals surface area contributed by atoms with E-state index >= 15 is 0 Å². The van der Waals surface area contributed by atoms with Crippen LogP contribution in [0.5, 0.6) is 5.75 Å². The summed E-state index contributed by atoms with van der Waals surface area (Å²) >= 11 is 7.75. The molecule has 9 heteroatoms. The Morgan fingerprint density at radius 2 is 2.04 bits per heavy atom. The lowest BCUT2D eigenvalue weighted by molar-refractivity contribution is -0.119. The van der Waals surface area contributed by atoms with Crippen LogP contribution in [0.25, 0.3) is 10.2 Å². The number of carbonyl (C=O) groups is 1. The number of anilines is 1. The second-order valence-electron chi connectivity index (χ2n) is 6.86. The summed E-state index contributed by atoms with van der Waals surface area (Å²) < 4.78 is 7.94. The molecule has 0 N–H and O–H groups in total. The third kappa shape index (κ3) is 4.29. The van der Waals surface area contributed by atoms with Gasteiger partial charge in [0.2, 0.25) is 0 Å². The van der Waals surface area contributed by atoms with Crippen molar-refractivity contribution in [2.45, 2.75) is 20.4 Å². The normalized spacial score (nSPS) is 11.4. The predicted octanol–water partition coefficient (Wildman–Crippen LogP) is 3.37. The monoisotopic (exact) mass is 421 g/mol. The average Bonchev–Trinajstić information content (AvgIpc) is 3.19. The molecule has 1 aromatic carbocycles. The molecule has 0 unspecified atom stereocenters. The molecule has 0 aliphatic rings. The van der Waals surface area contributed by atoms with Gasteiger partial charge in [-0.3, -0.25) is 14.4 Å². The van der Waals surface area contributed by atoms with E-state index in [1.54, 1.807) is 28.8 Å². The summed E-state index contributed by atoms with van der Waals surface area (Å²) in [6.45, 7) is 5.25. The first-order chi connectivity index (χ1) is 13.3. The maximum absolute atomic E-state index is 13.2. The highest BCUT2D eigenvalue weighted by atomic mass is 35.5. The zero-order chi connectivity index (χ0) is 20.4. The fourth-order valence-electron chi connectivity index (χ4n) is 2.90. The zero-order valence-corrected chi connectivity index (χ0v) is 18.3. The molecule has 2 aromatic heterocycles. The standard InChI is InChI=1S/C19H24ClN5O2S/c1-12-10-13(2)25(22-12)11-16(26)24(9-8-23(3)4)19-21-17-15(27-5)7-6-14(20)18(17)28-19/h6-7,10H,8-9,11H2,1-5H3. The smallest absolute Gasteiger partial charge is 0.250 e. The minimum Gasteiger partial charge on any atom is -0.494 e. The number of methoxy groups -OCH3 is 1. The number of carbonyl (C=O) groups excluding carboxylic acids is 1. The van der Waals surface area contributed by atoms with Crippen molar-refractivity contribution < 1.29 is 9.53 Å². The Hall–Kier alpha value is -2.16. The maximum atomic E-state index is 13.2. The lowest BCUT2D eigenvalue weighted by atomic mass is 10.3. The number of fused-ring (bicyclic) bond motifs is 1. The number of aryl methyl sites for hydroxylation is 2. The Morgan fingerprint density at radius 1 is 1.29 bits per heavy atom.